The van der Waals surface area contributed by atoms with Crippen LogP contribution in [0.1, 0.15) is 11.1 Å². The van der Waals surface area contributed by atoms with E-state index < -0.39 is 17.6 Å². The number of nitrogens with one attached hydrogen (secondary N) is 1. The molecule has 4 nitrogen and oxygen atoms in total. The van der Waals surface area contributed by atoms with Crippen molar-refractivity contribution in [2.75, 3.05) is 5.32 Å². The number of rotatable bonds is 4. The van der Waals surface area contributed by atoms with Gasteiger partial charge >= 0.3 is 6.18 Å². The molecule has 2 aromatic heterocycles. The van der Waals surface area contributed by atoms with Gasteiger partial charge in [0, 0.05) is 12.7 Å². The third-order valence-electron chi connectivity index (χ3n) is 3.12. The lowest BCUT2D eigenvalue weighted by molar-refractivity contribution is -0.138. The van der Waals surface area contributed by atoms with Gasteiger partial charge in [-0.05, 0) is 29.8 Å². The van der Waals surface area contributed by atoms with E-state index in [0.717, 1.165) is 12.1 Å². The van der Waals surface area contributed by atoms with E-state index >= 15 is 0 Å². The second-order valence-corrected chi connectivity index (χ2v) is 5.76. The number of alkyl halides is 3. The molecule has 0 fully saturated rings. The minimum atomic E-state index is -4.63. The number of benzene rings is 1. The van der Waals surface area contributed by atoms with Gasteiger partial charge < -0.3 is 5.32 Å². The topological polar surface area (TPSA) is 50.7 Å². The first kappa shape index (κ1) is 16.3. The van der Waals surface area contributed by atoms with E-state index in [-0.39, 0.29) is 12.1 Å². The van der Waals surface area contributed by atoms with Crippen LogP contribution in [0.3, 0.4) is 0 Å². The fourth-order valence-corrected chi connectivity index (χ4v) is 2.74. The van der Waals surface area contributed by atoms with Crippen molar-refractivity contribution in [3.63, 3.8) is 0 Å². The Bertz CT molecular complexity index is 833. The number of halogens is 4. The zero-order valence-corrected chi connectivity index (χ0v) is 12.8. The second-order valence-electron chi connectivity index (χ2n) is 4.78. The average molecular weight is 354 g/mol. The predicted molar refractivity (Wildman–Crippen MR) is 81.9 cm³/mol. The van der Waals surface area contributed by atoms with E-state index in [0.29, 0.717) is 21.9 Å². The maximum Gasteiger partial charge on any atom is 0.416 e. The summed E-state index contributed by atoms with van der Waals surface area (Å²) in [6.07, 6.45) is -3.02. The lowest BCUT2D eigenvalue weighted by atomic mass is 10.1. The Labute approximate surface area is 138 Å². The van der Waals surface area contributed by atoms with Gasteiger partial charge in [0.15, 0.2) is 5.01 Å². The molecular formula is C15H10F4N4S. The summed E-state index contributed by atoms with van der Waals surface area (Å²) in [6, 6.07) is 7.89. The molecule has 24 heavy (non-hydrogen) atoms. The van der Waals surface area contributed by atoms with Crippen LogP contribution in [0.2, 0.25) is 0 Å². The molecule has 1 aromatic carbocycles. The fourth-order valence-electron chi connectivity index (χ4n) is 2.02. The van der Waals surface area contributed by atoms with Crippen molar-refractivity contribution in [2.45, 2.75) is 12.7 Å². The Hall–Kier alpha value is -2.55. The Morgan fingerprint density at radius 3 is 2.62 bits per heavy atom. The highest BCUT2D eigenvalue weighted by molar-refractivity contribution is 7.18. The number of anilines is 1. The quantitative estimate of drug-likeness (QED) is 0.707. The summed E-state index contributed by atoms with van der Waals surface area (Å²) in [5, 5.41) is 11.5. The van der Waals surface area contributed by atoms with Gasteiger partial charge in [0.25, 0.3) is 0 Å². The highest BCUT2D eigenvalue weighted by atomic mass is 32.1. The van der Waals surface area contributed by atoms with Crippen LogP contribution in [0.4, 0.5) is 22.7 Å². The maximum absolute atomic E-state index is 13.1. The zero-order valence-electron chi connectivity index (χ0n) is 12.0. The van der Waals surface area contributed by atoms with Crippen LogP contribution in [0.25, 0.3) is 10.7 Å². The van der Waals surface area contributed by atoms with E-state index in [4.69, 9.17) is 0 Å². The molecule has 0 spiro atoms. The standard InChI is InChI=1S/C15H10F4N4S/c16-10-5-4-9(11(7-10)15(17,18)19)8-21-14-23-22-13(24-14)12-3-1-2-6-20-12/h1-7H,8H2,(H,21,23). The molecule has 0 saturated heterocycles. The fraction of sp³-hybridized carbons (Fsp3) is 0.133. The summed E-state index contributed by atoms with van der Waals surface area (Å²) in [4.78, 5) is 4.13. The largest absolute Gasteiger partial charge is 0.416 e. The highest BCUT2D eigenvalue weighted by Crippen LogP contribution is 2.33. The van der Waals surface area contributed by atoms with Crippen LogP contribution in [-0.4, -0.2) is 15.2 Å². The molecular weight excluding hydrogens is 344 g/mol. The lowest BCUT2D eigenvalue weighted by Crippen LogP contribution is -2.12. The van der Waals surface area contributed by atoms with Crippen molar-refractivity contribution in [1.82, 2.24) is 15.2 Å². The van der Waals surface area contributed by atoms with E-state index in [1.807, 2.05) is 0 Å². The van der Waals surface area contributed by atoms with E-state index in [1.165, 1.54) is 11.3 Å². The third-order valence-corrected chi connectivity index (χ3v) is 4.02. The molecule has 1 N–H and O–H groups in total. The van der Waals surface area contributed by atoms with Crippen LogP contribution >= 0.6 is 11.3 Å². The predicted octanol–water partition coefficient (Wildman–Crippen LogP) is 4.37. The number of hydrogen-bond donors (Lipinski definition) is 1. The molecule has 0 unspecified atom stereocenters. The van der Waals surface area contributed by atoms with E-state index in [9.17, 15) is 17.6 Å². The molecule has 0 aliphatic carbocycles. The Morgan fingerprint density at radius 1 is 1.08 bits per heavy atom. The molecule has 0 atom stereocenters. The summed E-state index contributed by atoms with van der Waals surface area (Å²) in [6.45, 7) is -0.147. The van der Waals surface area contributed by atoms with Crippen LogP contribution in [0.15, 0.2) is 42.6 Å². The van der Waals surface area contributed by atoms with Gasteiger partial charge in [0.2, 0.25) is 5.13 Å². The van der Waals surface area contributed by atoms with Crippen molar-refractivity contribution in [3.8, 4) is 10.7 Å². The second kappa shape index (κ2) is 6.52. The van der Waals surface area contributed by atoms with Gasteiger partial charge in [-0.3, -0.25) is 4.98 Å². The molecule has 9 heteroatoms. The first-order chi connectivity index (χ1) is 11.4. The SMILES string of the molecule is Fc1ccc(CNc2nnc(-c3ccccn3)s2)c(C(F)(F)F)c1. The van der Waals surface area contributed by atoms with Gasteiger partial charge in [-0.15, -0.1) is 10.2 Å². The maximum atomic E-state index is 13.1. The van der Waals surface area contributed by atoms with Crippen LogP contribution in [0.5, 0.6) is 0 Å². The van der Waals surface area contributed by atoms with Gasteiger partial charge in [0.1, 0.15) is 11.5 Å². The molecule has 124 valence electrons. The molecule has 3 aromatic rings. The number of pyridine rings is 1. The van der Waals surface area contributed by atoms with Gasteiger partial charge in [-0.2, -0.15) is 13.2 Å². The van der Waals surface area contributed by atoms with Crippen molar-refractivity contribution in [3.05, 3.63) is 59.5 Å². The molecule has 3 rings (SSSR count). The van der Waals surface area contributed by atoms with Crippen molar-refractivity contribution >= 4 is 16.5 Å². The van der Waals surface area contributed by atoms with Crippen molar-refractivity contribution in [1.29, 1.82) is 0 Å². The Balaban J connectivity index is 1.77. The Morgan fingerprint density at radius 2 is 1.92 bits per heavy atom. The molecule has 0 radical (unpaired) electrons. The Kier molecular flexibility index (Phi) is 4.43. The zero-order chi connectivity index (χ0) is 17.2. The first-order valence-electron chi connectivity index (χ1n) is 6.78. The first-order valence-corrected chi connectivity index (χ1v) is 7.59. The monoisotopic (exact) mass is 354 g/mol. The molecule has 2 heterocycles. The van der Waals surface area contributed by atoms with E-state index in [2.05, 4.69) is 20.5 Å². The van der Waals surface area contributed by atoms with Crippen LogP contribution in [-0.2, 0) is 12.7 Å². The minimum absolute atomic E-state index is 0.0708. The van der Waals surface area contributed by atoms with Crippen molar-refractivity contribution < 1.29 is 17.6 Å². The number of aromatic nitrogens is 3. The smallest absolute Gasteiger partial charge is 0.356 e. The molecule has 0 aliphatic rings. The molecule has 0 aliphatic heterocycles. The normalized spacial score (nSPS) is 11.5. The van der Waals surface area contributed by atoms with Gasteiger partial charge in [0.05, 0.1) is 5.56 Å². The summed E-state index contributed by atoms with van der Waals surface area (Å²) >= 11 is 1.17. The van der Waals surface area contributed by atoms with Gasteiger partial charge in [-0.25, -0.2) is 4.39 Å². The van der Waals surface area contributed by atoms with Crippen LogP contribution < -0.4 is 5.32 Å². The lowest BCUT2D eigenvalue weighted by Gasteiger charge is -2.13. The molecule has 0 bridgehead atoms. The summed E-state index contributed by atoms with van der Waals surface area (Å²) in [5.41, 5.74) is -0.455. The summed E-state index contributed by atoms with van der Waals surface area (Å²) < 4.78 is 51.9. The summed E-state index contributed by atoms with van der Waals surface area (Å²) in [5.74, 6) is -0.931. The number of hydrogen-bond acceptors (Lipinski definition) is 5. The summed E-state index contributed by atoms with van der Waals surface area (Å²) in [7, 11) is 0. The molecule has 0 saturated carbocycles. The highest BCUT2D eigenvalue weighted by Gasteiger charge is 2.33. The average Bonchev–Trinajstić information content (AvgIpc) is 3.02. The van der Waals surface area contributed by atoms with Gasteiger partial charge in [-0.1, -0.05) is 23.5 Å². The van der Waals surface area contributed by atoms with Crippen molar-refractivity contribution in [2.24, 2.45) is 0 Å². The van der Waals surface area contributed by atoms with E-state index in [1.54, 1.807) is 24.4 Å². The van der Waals surface area contributed by atoms with Crippen LogP contribution in [0, 0.1) is 5.82 Å². The minimum Gasteiger partial charge on any atom is -0.356 e. The number of nitrogens with zero attached hydrogens (tertiary/aromatic N) is 3. The third kappa shape index (κ3) is 3.67. The molecule has 0 amide bonds.